The number of fused-ring (bicyclic) bond motifs is 8. The standard InChI is InChI=1S/C38H48N2O5/c1-22-11-15-38(43-21-22)23(2)35-34(45-38)19-32-31-8-5-24-17-27(7-9-28(24)30(31)12-14-37(32,35)3)44-36(41)39-16-13-25-20-40-33-18-26(42-4)6-10-29(25)33/h6-7,9-10,17-18,20,22-23,30-32,34-35,40H,5,8,11-16,19,21H2,1-4H3,(H,39,41)/t22-,23+,30-,31-,32+,34+,35+,37+,38-/m1/s1. The maximum atomic E-state index is 12.7. The number of H-pyrrole nitrogens is 1. The molecule has 0 radical (unpaired) electrons. The van der Waals surface area contributed by atoms with E-state index in [0.29, 0.717) is 65.7 Å². The van der Waals surface area contributed by atoms with E-state index in [1.54, 1.807) is 7.11 Å². The predicted molar refractivity (Wildman–Crippen MR) is 174 cm³/mol. The molecule has 1 aromatic heterocycles. The number of aromatic nitrogens is 1. The molecular formula is C38H48N2O5. The molecule has 2 saturated carbocycles. The predicted octanol–water partition coefficient (Wildman–Crippen LogP) is 7.77. The number of carbonyl (C=O) groups excluding carboxylic acids is 1. The second kappa shape index (κ2) is 11.0. The Kier molecular flexibility index (Phi) is 7.21. The molecule has 2 N–H and O–H groups in total. The Morgan fingerprint density at radius 1 is 1.09 bits per heavy atom. The fourth-order valence-electron chi connectivity index (χ4n) is 10.6. The molecule has 3 heterocycles. The van der Waals surface area contributed by atoms with Crippen molar-refractivity contribution < 1.29 is 23.7 Å². The monoisotopic (exact) mass is 612 g/mol. The summed E-state index contributed by atoms with van der Waals surface area (Å²) < 4.78 is 24.5. The molecule has 7 heteroatoms. The van der Waals surface area contributed by atoms with Crippen molar-refractivity contribution in [2.24, 2.45) is 35.0 Å². The molecule has 9 atom stereocenters. The lowest BCUT2D eigenvalue weighted by molar-refractivity contribution is -0.272. The summed E-state index contributed by atoms with van der Waals surface area (Å²) in [6.07, 6.45) is 10.8. The van der Waals surface area contributed by atoms with Crippen molar-refractivity contribution >= 4 is 17.0 Å². The van der Waals surface area contributed by atoms with Gasteiger partial charge in [-0.25, -0.2) is 4.79 Å². The first kappa shape index (κ1) is 29.4. The molecule has 3 aromatic rings. The van der Waals surface area contributed by atoms with Crippen LogP contribution in [0, 0.1) is 35.0 Å². The molecule has 2 aromatic carbocycles. The number of aryl methyl sites for hydroxylation is 1. The minimum atomic E-state index is -0.403. The number of ether oxygens (including phenoxy) is 4. The Labute approximate surface area is 266 Å². The molecule has 1 spiro atoms. The zero-order chi connectivity index (χ0) is 30.9. The van der Waals surface area contributed by atoms with E-state index in [-0.39, 0.29) is 5.79 Å². The topological polar surface area (TPSA) is 81.8 Å². The zero-order valence-electron chi connectivity index (χ0n) is 27.2. The SMILES string of the molecule is COc1ccc2c(CCNC(=O)Oc3ccc4c(c3)CC[C@@H]3[C@@H]4CC[C@]4(C)[C@@H]5[C@H](C[C@@H]34)O[C@]3(CC[C@@H](C)CO3)[C@H]5C)c[nH]c2c1. The second-order valence-electron chi connectivity index (χ2n) is 15.1. The van der Waals surface area contributed by atoms with Gasteiger partial charge in [0.05, 0.1) is 19.8 Å². The van der Waals surface area contributed by atoms with Gasteiger partial charge in [-0.3, -0.25) is 0 Å². The van der Waals surface area contributed by atoms with Crippen LogP contribution in [0.5, 0.6) is 11.5 Å². The van der Waals surface area contributed by atoms with Crippen molar-refractivity contribution in [1.29, 1.82) is 0 Å². The van der Waals surface area contributed by atoms with Crippen LogP contribution < -0.4 is 14.8 Å². The number of aromatic amines is 1. The third kappa shape index (κ3) is 4.79. The van der Waals surface area contributed by atoms with E-state index in [9.17, 15) is 4.79 Å². The number of hydrogen-bond acceptors (Lipinski definition) is 5. The highest BCUT2D eigenvalue weighted by atomic mass is 16.7. The summed E-state index contributed by atoms with van der Waals surface area (Å²) in [4.78, 5) is 16.0. The van der Waals surface area contributed by atoms with Crippen molar-refractivity contribution in [2.45, 2.75) is 89.9 Å². The maximum Gasteiger partial charge on any atom is 0.412 e. The molecule has 5 aliphatic rings. The highest BCUT2D eigenvalue weighted by molar-refractivity contribution is 5.84. The number of methoxy groups -OCH3 is 1. The number of hydrogen-bond donors (Lipinski definition) is 2. The fourth-order valence-corrected chi connectivity index (χ4v) is 10.6. The number of carbonyl (C=O) groups is 1. The van der Waals surface area contributed by atoms with Crippen LogP contribution in [0.25, 0.3) is 10.9 Å². The largest absolute Gasteiger partial charge is 0.497 e. The number of nitrogens with one attached hydrogen (secondary N) is 2. The molecule has 45 heavy (non-hydrogen) atoms. The maximum absolute atomic E-state index is 12.7. The molecule has 0 unspecified atom stereocenters. The highest BCUT2D eigenvalue weighted by Crippen LogP contribution is 2.69. The van der Waals surface area contributed by atoms with E-state index in [0.717, 1.165) is 41.7 Å². The molecule has 8 rings (SSSR count). The third-order valence-electron chi connectivity index (χ3n) is 12.8. The molecule has 3 aliphatic carbocycles. The average Bonchev–Trinajstić information content (AvgIpc) is 3.67. The van der Waals surface area contributed by atoms with Gasteiger partial charge in [-0.2, -0.15) is 0 Å². The number of amides is 1. The second-order valence-corrected chi connectivity index (χ2v) is 15.1. The van der Waals surface area contributed by atoms with Crippen molar-refractivity contribution in [1.82, 2.24) is 10.3 Å². The van der Waals surface area contributed by atoms with Gasteiger partial charge in [-0.1, -0.05) is 26.8 Å². The summed E-state index contributed by atoms with van der Waals surface area (Å²) in [5.74, 6) is 4.76. The van der Waals surface area contributed by atoms with Gasteiger partial charge in [-0.05, 0) is 121 Å². The summed E-state index contributed by atoms with van der Waals surface area (Å²) in [7, 11) is 1.67. The summed E-state index contributed by atoms with van der Waals surface area (Å²) in [5, 5.41) is 4.08. The van der Waals surface area contributed by atoms with Gasteiger partial charge in [0, 0.05) is 42.0 Å². The lowest BCUT2D eigenvalue weighted by Crippen LogP contribution is -2.48. The molecule has 240 valence electrons. The lowest BCUT2D eigenvalue weighted by atomic mass is 9.53. The van der Waals surface area contributed by atoms with Crippen molar-refractivity contribution in [3.05, 3.63) is 59.3 Å². The van der Waals surface area contributed by atoms with E-state index < -0.39 is 6.09 Å². The van der Waals surface area contributed by atoms with Gasteiger partial charge in [0.2, 0.25) is 0 Å². The number of rotatable bonds is 5. The Balaban J connectivity index is 0.897. The average molecular weight is 613 g/mol. The van der Waals surface area contributed by atoms with Gasteiger partial charge in [-0.15, -0.1) is 0 Å². The lowest BCUT2D eigenvalue weighted by Gasteiger charge is -2.52. The highest BCUT2D eigenvalue weighted by Gasteiger charge is 2.67. The van der Waals surface area contributed by atoms with Gasteiger partial charge in [0.1, 0.15) is 11.5 Å². The normalized spacial score (nSPS) is 36.7. The summed E-state index contributed by atoms with van der Waals surface area (Å²) >= 11 is 0. The molecule has 1 amide bonds. The summed E-state index contributed by atoms with van der Waals surface area (Å²) in [6.45, 7) is 8.64. The van der Waals surface area contributed by atoms with Gasteiger partial charge in [0.25, 0.3) is 0 Å². The Morgan fingerprint density at radius 3 is 2.78 bits per heavy atom. The van der Waals surface area contributed by atoms with Gasteiger partial charge >= 0.3 is 6.09 Å². The Hall–Kier alpha value is -3.03. The van der Waals surface area contributed by atoms with Crippen LogP contribution in [0.2, 0.25) is 0 Å². The van der Waals surface area contributed by atoms with E-state index in [1.807, 2.05) is 24.4 Å². The van der Waals surface area contributed by atoms with E-state index in [4.69, 9.17) is 18.9 Å². The molecular weight excluding hydrogens is 564 g/mol. The molecule has 0 bridgehead atoms. The van der Waals surface area contributed by atoms with Crippen LogP contribution >= 0.6 is 0 Å². The van der Waals surface area contributed by atoms with Crippen LogP contribution in [-0.4, -0.2) is 43.2 Å². The minimum absolute atomic E-state index is 0.319. The quantitative estimate of drug-likeness (QED) is 0.308. The fraction of sp³-hybridized carbons (Fsp3) is 0.605. The van der Waals surface area contributed by atoms with Crippen molar-refractivity contribution in [3.8, 4) is 11.5 Å². The van der Waals surface area contributed by atoms with Crippen molar-refractivity contribution in [2.75, 3.05) is 20.3 Å². The molecule has 4 fully saturated rings. The van der Waals surface area contributed by atoms with E-state index in [2.05, 4.69) is 49.3 Å². The molecule has 2 saturated heterocycles. The van der Waals surface area contributed by atoms with Crippen LogP contribution in [0.15, 0.2) is 42.6 Å². The van der Waals surface area contributed by atoms with E-state index >= 15 is 0 Å². The van der Waals surface area contributed by atoms with Crippen LogP contribution in [0.4, 0.5) is 4.79 Å². The van der Waals surface area contributed by atoms with Gasteiger partial charge < -0.3 is 29.2 Å². The summed E-state index contributed by atoms with van der Waals surface area (Å²) in [5.41, 5.74) is 5.33. The van der Waals surface area contributed by atoms with Crippen LogP contribution in [-0.2, 0) is 22.3 Å². The molecule has 2 aliphatic heterocycles. The molecule has 7 nitrogen and oxygen atoms in total. The van der Waals surface area contributed by atoms with Crippen LogP contribution in [0.1, 0.15) is 81.9 Å². The third-order valence-corrected chi connectivity index (χ3v) is 12.8. The summed E-state index contributed by atoms with van der Waals surface area (Å²) in [6, 6.07) is 12.4. The first-order chi connectivity index (χ1) is 21.8. The minimum Gasteiger partial charge on any atom is -0.497 e. The van der Waals surface area contributed by atoms with Gasteiger partial charge in [0.15, 0.2) is 5.79 Å². The zero-order valence-corrected chi connectivity index (χ0v) is 27.2. The Morgan fingerprint density at radius 2 is 1.96 bits per heavy atom. The first-order valence-electron chi connectivity index (χ1n) is 17.3. The first-order valence-corrected chi connectivity index (χ1v) is 17.3. The Bertz CT molecular complexity index is 1590. The van der Waals surface area contributed by atoms with Crippen LogP contribution in [0.3, 0.4) is 0 Å². The smallest absolute Gasteiger partial charge is 0.412 e. The number of benzene rings is 2. The van der Waals surface area contributed by atoms with E-state index in [1.165, 1.54) is 43.2 Å². The van der Waals surface area contributed by atoms with Crippen molar-refractivity contribution in [3.63, 3.8) is 0 Å².